The highest BCUT2D eigenvalue weighted by Crippen LogP contribution is 2.11. The number of nitrogens with zero attached hydrogens (tertiary/aromatic N) is 1. The van der Waals surface area contributed by atoms with Crippen LogP contribution in [0.15, 0.2) is 15.5 Å². The Morgan fingerprint density at radius 1 is 1.33 bits per heavy atom. The smallest absolute Gasteiger partial charge is 0.147 e. The van der Waals surface area contributed by atoms with E-state index in [4.69, 9.17) is 4.42 Å². The molecule has 2 heteroatoms. The molecule has 0 N–H and O–H groups in total. The Morgan fingerprint density at radius 2 is 1.93 bits per heavy atom. The maximum atomic E-state index is 5.45. The summed E-state index contributed by atoms with van der Waals surface area (Å²) in [4.78, 5) is 4.30. The van der Waals surface area contributed by atoms with Crippen molar-refractivity contribution in [3.8, 4) is 0 Å². The zero-order valence-corrected chi connectivity index (χ0v) is 10.8. The lowest BCUT2D eigenvalue weighted by molar-refractivity contribution is 0.525. The summed E-state index contributed by atoms with van der Waals surface area (Å²) in [5.41, 5.74) is 1.16. The summed E-state index contributed by atoms with van der Waals surface area (Å²) in [5.74, 6) is 2.44. The van der Waals surface area contributed by atoms with Crippen molar-refractivity contribution in [2.24, 2.45) is 10.9 Å². The van der Waals surface area contributed by atoms with Crippen LogP contribution < -0.4 is 0 Å². The van der Waals surface area contributed by atoms with Crippen LogP contribution in [-0.2, 0) is 0 Å². The molecule has 0 bridgehead atoms. The first-order valence-electron chi connectivity index (χ1n) is 5.66. The molecule has 1 aromatic heterocycles. The summed E-state index contributed by atoms with van der Waals surface area (Å²) < 4.78 is 5.45. The van der Waals surface area contributed by atoms with E-state index >= 15 is 0 Å². The minimum Gasteiger partial charge on any atom is -0.460 e. The predicted molar refractivity (Wildman–Crippen MR) is 66.8 cm³/mol. The Kier molecular flexibility index (Phi) is 6.76. The Hall–Kier alpha value is -1.05. The van der Waals surface area contributed by atoms with Crippen LogP contribution in [-0.4, -0.2) is 12.8 Å². The Bertz CT molecular complexity index is 297. The highest BCUT2D eigenvalue weighted by molar-refractivity contribution is 5.77. The zero-order chi connectivity index (χ0) is 11.8. The molecule has 15 heavy (non-hydrogen) atoms. The fourth-order valence-electron chi connectivity index (χ4n) is 1.13. The molecule has 0 saturated heterocycles. The monoisotopic (exact) mass is 209 g/mol. The molecule has 0 unspecified atom stereocenters. The second-order valence-corrected chi connectivity index (χ2v) is 3.79. The van der Waals surface area contributed by atoms with Crippen molar-refractivity contribution in [1.29, 1.82) is 0 Å². The lowest BCUT2D eigenvalue weighted by atomic mass is 10.2. The van der Waals surface area contributed by atoms with Crippen LogP contribution in [0.2, 0.25) is 0 Å². The van der Waals surface area contributed by atoms with Gasteiger partial charge in [0, 0.05) is 6.54 Å². The van der Waals surface area contributed by atoms with Gasteiger partial charge < -0.3 is 4.42 Å². The van der Waals surface area contributed by atoms with E-state index in [0.717, 1.165) is 23.6 Å². The summed E-state index contributed by atoms with van der Waals surface area (Å²) in [7, 11) is 0. The van der Waals surface area contributed by atoms with E-state index in [-0.39, 0.29) is 0 Å². The maximum absolute atomic E-state index is 5.45. The number of aliphatic imine (C=N–C) groups is 1. The number of rotatable bonds is 3. The minimum absolute atomic E-state index is 0.604. The normalized spacial score (nSPS) is 10.6. The van der Waals surface area contributed by atoms with Gasteiger partial charge in [-0.2, -0.15) is 0 Å². The molecule has 86 valence electrons. The van der Waals surface area contributed by atoms with E-state index in [2.05, 4.69) is 18.8 Å². The third kappa shape index (κ3) is 5.40. The van der Waals surface area contributed by atoms with E-state index in [9.17, 15) is 0 Å². The van der Waals surface area contributed by atoms with Crippen LogP contribution in [0, 0.1) is 19.8 Å². The van der Waals surface area contributed by atoms with E-state index in [1.54, 1.807) is 0 Å². The molecule has 1 rings (SSSR count). The molecule has 0 amide bonds. The maximum Gasteiger partial charge on any atom is 0.147 e. The summed E-state index contributed by atoms with van der Waals surface area (Å²) >= 11 is 0. The molecule has 0 aliphatic carbocycles. The number of hydrogen-bond acceptors (Lipinski definition) is 2. The first kappa shape index (κ1) is 13.9. The summed E-state index contributed by atoms with van der Waals surface area (Å²) in [6, 6.07) is 2.02. The first-order valence-corrected chi connectivity index (χ1v) is 5.66. The highest BCUT2D eigenvalue weighted by Gasteiger charge is 2.00. The third-order valence-electron chi connectivity index (χ3n) is 1.76. The summed E-state index contributed by atoms with van der Waals surface area (Å²) in [6.45, 7) is 13.1. The number of aryl methyl sites for hydroxylation is 2. The van der Waals surface area contributed by atoms with E-state index in [1.165, 1.54) is 0 Å². The van der Waals surface area contributed by atoms with Gasteiger partial charge in [-0.15, -0.1) is 0 Å². The molecule has 0 saturated carbocycles. The Labute approximate surface area is 93.4 Å². The van der Waals surface area contributed by atoms with Gasteiger partial charge in [0.25, 0.3) is 0 Å². The largest absolute Gasteiger partial charge is 0.460 e. The molecule has 0 aromatic carbocycles. The van der Waals surface area contributed by atoms with Crippen molar-refractivity contribution < 1.29 is 4.42 Å². The molecule has 0 aliphatic heterocycles. The number of furan rings is 1. The molecule has 0 fully saturated rings. The van der Waals surface area contributed by atoms with Crippen LogP contribution in [0.5, 0.6) is 0 Å². The van der Waals surface area contributed by atoms with Crippen molar-refractivity contribution in [3.05, 3.63) is 23.2 Å². The lowest BCUT2D eigenvalue weighted by Gasteiger charge is -1.96. The molecule has 0 radical (unpaired) electrons. The van der Waals surface area contributed by atoms with Crippen LogP contribution in [0.4, 0.5) is 0 Å². The van der Waals surface area contributed by atoms with Crippen molar-refractivity contribution in [3.63, 3.8) is 0 Å². The van der Waals surface area contributed by atoms with Crippen molar-refractivity contribution in [1.82, 2.24) is 0 Å². The van der Waals surface area contributed by atoms with E-state index in [0.29, 0.717) is 5.92 Å². The molecular weight excluding hydrogens is 186 g/mol. The Balaban J connectivity index is 0.000000921. The summed E-state index contributed by atoms with van der Waals surface area (Å²) in [5, 5.41) is 0. The topological polar surface area (TPSA) is 25.5 Å². The number of hydrogen-bond donors (Lipinski definition) is 0. The van der Waals surface area contributed by atoms with Crippen LogP contribution in [0.3, 0.4) is 0 Å². The SMILES string of the molecule is CC.Cc1cc(C)c(C=NCC(C)C)o1. The fraction of sp³-hybridized carbons (Fsp3) is 0.615. The van der Waals surface area contributed by atoms with Crippen LogP contribution in [0.25, 0.3) is 0 Å². The third-order valence-corrected chi connectivity index (χ3v) is 1.76. The van der Waals surface area contributed by atoms with Gasteiger partial charge in [-0.25, -0.2) is 0 Å². The molecular formula is C13H23NO. The Morgan fingerprint density at radius 3 is 2.33 bits per heavy atom. The molecule has 0 spiro atoms. The van der Waals surface area contributed by atoms with Gasteiger partial charge in [0.2, 0.25) is 0 Å². The quantitative estimate of drug-likeness (QED) is 0.691. The van der Waals surface area contributed by atoms with Gasteiger partial charge in [-0.1, -0.05) is 27.7 Å². The lowest BCUT2D eigenvalue weighted by Crippen LogP contribution is -1.92. The van der Waals surface area contributed by atoms with E-state index < -0.39 is 0 Å². The van der Waals surface area contributed by atoms with Crippen molar-refractivity contribution >= 4 is 6.21 Å². The highest BCUT2D eigenvalue weighted by atomic mass is 16.3. The van der Waals surface area contributed by atoms with Gasteiger partial charge in [0.1, 0.15) is 11.5 Å². The molecule has 0 aliphatic rings. The molecule has 2 nitrogen and oxygen atoms in total. The van der Waals surface area contributed by atoms with E-state index in [1.807, 2.05) is 40.0 Å². The average molecular weight is 209 g/mol. The predicted octanol–water partition coefficient (Wildman–Crippen LogP) is 4.00. The molecule has 1 aromatic rings. The first-order chi connectivity index (χ1) is 7.09. The van der Waals surface area contributed by atoms with Gasteiger partial charge in [-0.05, 0) is 31.4 Å². The van der Waals surface area contributed by atoms with Crippen molar-refractivity contribution in [2.75, 3.05) is 6.54 Å². The second-order valence-electron chi connectivity index (χ2n) is 3.79. The second kappa shape index (κ2) is 7.27. The van der Waals surface area contributed by atoms with Gasteiger partial charge in [-0.3, -0.25) is 4.99 Å². The van der Waals surface area contributed by atoms with Gasteiger partial charge in [0.15, 0.2) is 0 Å². The van der Waals surface area contributed by atoms with Crippen molar-refractivity contribution in [2.45, 2.75) is 41.5 Å². The van der Waals surface area contributed by atoms with Crippen LogP contribution in [0.1, 0.15) is 44.8 Å². The fourth-order valence-corrected chi connectivity index (χ4v) is 1.13. The summed E-state index contributed by atoms with van der Waals surface area (Å²) in [6.07, 6.45) is 1.82. The average Bonchev–Trinajstić information content (AvgIpc) is 2.48. The van der Waals surface area contributed by atoms with Gasteiger partial charge >= 0.3 is 0 Å². The minimum atomic E-state index is 0.604. The standard InChI is InChI=1S/C11H17NO.C2H6/c1-8(2)6-12-7-11-9(3)5-10(4)13-11;1-2/h5,7-8H,6H2,1-4H3;1-2H3. The molecule has 0 atom stereocenters. The van der Waals surface area contributed by atoms with Crippen LogP contribution >= 0.6 is 0 Å². The van der Waals surface area contributed by atoms with Gasteiger partial charge in [0.05, 0.1) is 6.21 Å². The molecule has 1 heterocycles. The zero-order valence-electron chi connectivity index (χ0n) is 10.8.